The Balaban J connectivity index is 1.62. The number of aromatic nitrogens is 2. The van der Waals surface area contributed by atoms with Gasteiger partial charge in [-0.05, 0) is 35.4 Å². The molecule has 0 spiro atoms. The Labute approximate surface area is 144 Å². The number of nitrogens with zero attached hydrogens (tertiary/aromatic N) is 1. The smallest absolute Gasteiger partial charge is 0.255 e. The van der Waals surface area contributed by atoms with E-state index in [4.69, 9.17) is 22.1 Å². The Morgan fingerprint density at radius 3 is 2.38 bits per heavy atom. The largest absolute Gasteiger partial charge is 0.489 e. The molecule has 0 unspecified atom stereocenters. The first kappa shape index (κ1) is 16.1. The van der Waals surface area contributed by atoms with Crippen LogP contribution in [0.25, 0.3) is 0 Å². The minimum Gasteiger partial charge on any atom is -0.489 e. The van der Waals surface area contributed by atoms with Gasteiger partial charge in [-0.25, -0.2) is 4.98 Å². The van der Waals surface area contributed by atoms with Crippen molar-refractivity contribution in [1.29, 1.82) is 0 Å². The molecule has 24 heavy (non-hydrogen) atoms. The van der Waals surface area contributed by atoms with Gasteiger partial charge in [-0.1, -0.05) is 35.9 Å². The number of benzene rings is 2. The molecule has 0 saturated heterocycles. The number of rotatable bonds is 5. The van der Waals surface area contributed by atoms with E-state index in [9.17, 15) is 4.79 Å². The highest BCUT2D eigenvalue weighted by atomic mass is 35.5. The standard InChI is InChI=1S/C18H16ClN3O2/c19-15-5-1-13(2-6-15)11-24-16-7-3-12(4-8-16)9-14-10-21-18(20)22-17(14)23/h1-8,10H,9,11H2,(H3,20,21,22,23). The first-order chi connectivity index (χ1) is 11.6. The normalized spacial score (nSPS) is 10.5. The van der Waals surface area contributed by atoms with Gasteiger partial charge in [0.15, 0.2) is 5.95 Å². The van der Waals surface area contributed by atoms with Crippen molar-refractivity contribution in [3.05, 3.63) is 86.8 Å². The van der Waals surface area contributed by atoms with Gasteiger partial charge in [-0.15, -0.1) is 0 Å². The molecule has 0 aliphatic rings. The molecule has 0 amide bonds. The van der Waals surface area contributed by atoms with Crippen molar-refractivity contribution in [3.63, 3.8) is 0 Å². The summed E-state index contributed by atoms with van der Waals surface area (Å²) in [6.07, 6.45) is 1.99. The van der Waals surface area contributed by atoms with Crippen molar-refractivity contribution in [2.75, 3.05) is 5.73 Å². The summed E-state index contributed by atoms with van der Waals surface area (Å²) in [7, 11) is 0. The van der Waals surface area contributed by atoms with Gasteiger partial charge in [0.2, 0.25) is 0 Å². The first-order valence-electron chi connectivity index (χ1n) is 7.40. The molecule has 0 saturated carbocycles. The molecule has 2 aromatic carbocycles. The molecule has 3 N–H and O–H groups in total. The van der Waals surface area contributed by atoms with Gasteiger partial charge in [0.25, 0.3) is 5.56 Å². The molecule has 3 rings (SSSR count). The number of nitrogen functional groups attached to an aromatic ring is 1. The molecule has 0 radical (unpaired) electrons. The summed E-state index contributed by atoms with van der Waals surface area (Å²) >= 11 is 5.86. The fourth-order valence-corrected chi connectivity index (χ4v) is 2.36. The van der Waals surface area contributed by atoms with E-state index < -0.39 is 0 Å². The third-order valence-electron chi connectivity index (χ3n) is 3.53. The average molecular weight is 342 g/mol. The van der Waals surface area contributed by atoms with Crippen LogP contribution in [0.1, 0.15) is 16.7 Å². The summed E-state index contributed by atoms with van der Waals surface area (Å²) < 4.78 is 5.74. The third-order valence-corrected chi connectivity index (χ3v) is 3.78. The zero-order chi connectivity index (χ0) is 16.9. The van der Waals surface area contributed by atoms with Gasteiger partial charge in [-0.2, -0.15) is 0 Å². The fourth-order valence-electron chi connectivity index (χ4n) is 2.23. The van der Waals surface area contributed by atoms with Gasteiger partial charge in [-0.3, -0.25) is 9.78 Å². The van der Waals surface area contributed by atoms with Gasteiger partial charge in [0, 0.05) is 23.2 Å². The first-order valence-corrected chi connectivity index (χ1v) is 7.78. The van der Waals surface area contributed by atoms with Crippen LogP contribution in [-0.4, -0.2) is 9.97 Å². The molecule has 122 valence electrons. The van der Waals surface area contributed by atoms with Gasteiger partial charge in [0.05, 0.1) is 0 Å². The second-order valence-corrected chi connectivity index (χ2v) is 5.80. The molecule has 0 aliphatic heterocycles. The van der Waals surface area contributed by atoms with Gasteiger partial charge < -0.3 is 10.5 Å². The third kappa shape index (κ3) is 4.14. The molecule has 6 heteroatoms. The lowest BCUT2D eigenvalue weighted by Gasteiger charge is -2.07. The predicted molar refractivity (Wildman–Crippen MR) is 94.3 cm³/mol. The van der Waals surface area contributed by atoms with E-state index in [1.165, 1.54) is 6.20 Å². The number of halogens is 1. The van der Waals surface area contributed by atoms with E-state index >= 15 is 0 Å². The van der Waals surface area contributed by atoms with Crippen molar-refractivity contribution < 1.29 is 4.74 Å². The lowest BCUT2D eigenvalue weighted by molar-refractivity contribution is 0.306. The second-order valence-electron chi connectivity index (χ2n) is 5.36. The Bertz CT molecular complexity index is 874. The molecule has 3 aromatic rings. The molecule has 1 heterocycles. The number of aromatic amines is 1. The van der Waals surface area contributed by atoms with Crippen LogP contribution in [-0.2, 0) is 13.0 Å². The second kappa shape index (κ2) is 7.19. The van der Waals surface area contributed by atoms with E-state index in [-0.39, 0.29) is 11.5 Å². The fraction of sp³-hybridized carbons (Fsp3) is 0.111. The zero-order valence-corrected chi connectivity index (χ0v) is 13.6. The zero-order valence-electron chi connectivity index (χ0n) is 12.8. The number of ether oxygens (including phenoxy) is 1. The molecule has 0 aliphatic carbocycles. The molecule has 0 fully saturated rings. The SMILES string of the molecule is Nc1ncc(Cc2ccc(OCc3ccc(Cl)cc3)cc2)c(=O)[nH]1. The Hall–Kier alpha value is -2.79. The summed E-state index contributed by atoms with van der Waals surface area (Å²) in [5.41, 5.74) is 7.83. The van der Waals surface area contributed by atoms with Gasteiger partial charge in [0.1, 0.15) is 12.4 Å². The predicted octanol–water partition coefficient (Wildman–Crippen LogP) is 3.18. The molecule has 1 aromatic heterocycles. The summed E-state index contributed by atoms with van der Waals surface area (Å²) in [6, 6.07) is 15.1. The Kier molecular flexibility index (Phi) is 4.82. The highest BCUT2D eigenvalue weighted by Gasteiger charge is 2.04. The number of nitrogens with two attached hydrogens (primary N) is 1. The maximum Gasteiger partial charge on any atom is 0.255 e. The quantitative estimate of drug-likeness (QED) is 0.746. The summed E-state index contributed by atoms with van der Waals surface area (Å²) in [5, 5.41) is 0.704. The highest BCUT2D eigenvalue weighted by Crippen LogP contribution is 2.16. The lowest BCUT2D eigenvalue weighted by atomic mass is 10.1. The average Bonchev–Trinajstić information content (AvgIpc) is 2.58. The number of nitrogens with one attached hydrogen (secondary N) is 1. The number of hydrogen-bond acceptors (Lipinski definition) is 4. The Morgan fingerprint density at radius 1 is 1.04 bits per heavy atom. The van der Waals surface area contributed by atoms with E-state index in [0.717, 1.165) is 16.9 Å². The van der Waals surface area contributed by atoms with Crippen molar-refractivity contribution in [2.45, 2.75) is 13.0 Å². The van der Waals surface area contributed by atoms with Crippen LogP contribution in [0.15, 0.2) is 59.5 Å². The van der Waals surface area contributed by atoms with Crippen LogP contribution in [0, 0.1) is 0 Å². The molecular formula is C18H16ClN3O2. The monoisotopic (exact) mass is 341 g/mol. The topological polar surface area (TPSA) is 81.0 Å². The number of anilines is 1. The van der Waals surface area contributed by atoms with Crippen molar-refractivity contribution in [1.82, 2.24) is 9.97 Å². The maximum absolute atomic E-state index is 11.8. The van der Waals surface area contributed by atoms with E-state index in [2.05, 4.69) is 9.97 Å². The molecular weight excluding hydrogens is 326 g/mol. The van der Waals surface area contributed by atoms with Crippen LogP contribution in [0.3, 0.4) is 0 Å². The molecule has 0 bridgehead atoms. The van der Waals surface area contributed by atoms with Crippen molar-refractivity contribution in [3.8, 4) is 5.75 Å². The van der Waals surface area contributed by atoms with Crippen LogP contribution in [0.5, 0.6) is 5.75 Å². The minimum atomic E-state index is -0.217. The Morgan fingerprint density at radius 2 is 1.71 bits per heavy atom. The number of hydrogen-bond donors (Lipinski definition) is 2. The minimum absolute atomic E-state index is 0.120. The van der Waals surface area contributed by atoms with Crippen molar-refractivity contribution >= 4 is 17.5 Å². The molecule has 0 atom stereocenters. The maximum atomic E-state index is 11.8. The number of H-pyrrole nitrogens is 1. The van der Waals surface area contributed by atoms with Gasteiger partial charge >= 0.3 is 0 Å². The lowest BCUT2D eigenvalue weighted by Crippen LogP contribution is -2.15. The summed E-state index contributed by atoms with van der Waals surface area (Å²) in [4.78, 5) is 18.2. The van der Waals surface area contributed by atoms with Crippen LogP contribution in [0.4, 0.5) is 5.95 Å². The van der Waals surface area contributed by atoms with E-state index in [1.807, 2.05) is 48.5 Å². The van der Waals surface area contributed by atoms with Crippen LogP contribution in [0.2, 0.25) is 5.02 Å². The van der Waals surface area contributed by atoms with Crippen LogP contribution >= 0.6 is 11.6 Å². The van der Waals surface area contributed by atoms with E-state index in [1.54, 1.807) is 0 Å². The van der Waals surface area contributed by atoms with E-state index in [0.29, 0.717) is 23.6 Å². The summed E-state index contributed by atoms with van der Waals surface area (Å²) in [6.45, 7) is 0.470. The highest BCUT2D eigenvalue weighted by molar-refractivity contribution is 6.30. The van der Waals surface area contributed by atoms with Crippen LogP contribution < -0.4 is 16.0 Å². The summed E-state index contributed by atoms with van der Waals surface area (Å²) in [5.74, 6) is 0.882. The van der Waals surface area contributed by atoms with Crippen molar-refractivity contribution in [2.24, 2.45) is 0 Å². The molecule has 5 nitrogen and oxygen atoms in total.